The molecule has 0 unspecified atom stereocenters. The quantitative estimate of drug-likeness (QED) is 0.591. The van der Waals surface area contributed by atoms with Gasteiger partial charge in [0.15, 0.2) is 0 Å². The highest BCUT2D eigenvalue weighted by Gasteiger charge is 2.14. The third-order valence-corrected chi connectivity index (χ3v) is 10.6. The van der Waals surface area contributed by atoms with Gasteiger partial charge < -0.3 is 9.13 Å². The number of hydrogen-bond acceptors (Lipinski definition) is 2. The van der Waals surface area contributed by atoms with Crippen molar-refractivity contribution in [2.75, 3.05) is 13.1 Å². The monoisotopic (exact) mass is 232 g/mol. The fraction of sp³-hybridized carbons (Fsp3) is 1.00. The van der Waals surface area contributed by atoms with Crippen LogP contribution in [-0.2, 0) is 0 Å². The zero-order valence-electron chi connectivity index (χ0n) is 10.9. The van der Waals surface area contributed by atoms with Crippen LogP contribution in [0.5, 0.6) is 0 Å². The summed E-state index contributed by atoms with van der Waals surface area (Å²) in [6.45, 7) is 16.5. The summed E-state index contributed by atoms with van der Waals surface area (Å²) >= 11 is 0. The van der Waals surface area contributed by atoms with Crippen LogP contribution >= 0.6 is 0 Å². The van der Waals surface area contributed by atoms with Crippen LogP contribution in [0, 0.1) is 0 Å². The highest BCUT2D eigenvalue weighted by molar-refractivity contribution is 6.97. The van der Waals surface area contributed by atoms with Crippen molar-refractivity contribution in [1.82, 2.24) is 9.13 Å². The van der Waals surface area contributed by atoms with E-state index in [2.05, 4.69) is 50.7 Å². The van der Waals surface area contributed by atoms with Gasteiger partial charge in [0.2, 0.25) is 0 Å². The predicted octanol–water partition coefficient (Wildman–Crippen LogP) is 0.530. The molecule has 0 spiro atoms. The molecule has 0 atom stereocenters. The lowest BCUT2D eigenvalue weighted by atomic mass is 10.3. The molecule has 0 aliphatic heterocycles. The molecule has 0 fully saturated rings. The Hall–Kier alpha value is 0.354. The standard InChI is InChI=1S/C10H28N2Si2/c1-7-11(8-2)13-14-12(9(3)4)10(5)6/h9-10H,7-8,13-14H2,1-6H3. The van der Waals surface area contributed by atoms with E-state index in [1.807, 2.05) is 0 Å². The maximum atomic E-state index is 2.75. The lowest BCUT2D eigenvalue weighted by Crippen LogP contribution is -2.47. The fourth-order valence-electron chi connectivity index (χ4n) is 1.91. The van der Waals surface area contributed by atoms with Gasteiger partial charge >= 0.3 is 0 Å². The average molecular weight is 233 g/mol. The van der Waals surface area contributed by atoms with E-state index in [0.29, 0.717) is 0 Å². The van der Waals surface area contributed by atoms with Gasteiger partial charge in [0, 0.05) is 0 Å². The summed E-state index contributed by atoms with van der Waals surface area (Å²) in [5.74, 6) is 0. The average Bonchev–Trinajstić information content (AvgIpc) is 2.11. The van der Waals surface area contributed by atoms with Gasteiger partial charge in [0.25, 0.3) is 0 Å². The molecule has 0 radical (unpaired) electrons. The van der Waals surface area contributed by atoms with Gasteiger partial charge in [-0.2, -0.15) is 0 Å². The number of nitrogens with zero attached hydrogens (tertiary/aromatic N) is 2. The molecule has 0 saturated carbocycles. The number of rotatable bonds is 7. The second-order valence-electron chi connectivity index (χ2n) is 4.45. The molecule has 0 aromatic heterocycles. The predicted molar refractivity (Wildman–Crippen MR) is 72.1 cm³/mol. The van der Waals surface area contributed by atoms with Crippen LogP contribution in [0.25, 0.3) is 0 Å². The fourth-order valence-corrected chi connectivity index (χ4v) is 10.6. The molecule has 14 heavy (non-hydrogen) atoms. The van der Waals surface area contributed by atoms with Gasteiger partial charge in [-0.05, 0) is 25.2 Å². The van der Waals surface area contributed by atoms with Gasteiger partial charge in [-0.15, -0.1) is 0 Å². The van der Waals surface area contributed by atoms with Crippen LogP contribution < -0.4 is 0 Å². The van der Waals surface area contributed by atoms with E-state index in [0.717, 1.165) is 12.1 Å². The molecule has 0 aromatic carbocycles. The van der Waals surface area contributed by atoms with Crippen LogP contribution in [0.4, 0.5) is 0 Å². The second-order valence-corrected chi connectivity index (χ2v) is 9.65. The zero-order valence-corrected chi connectivity index (χ0v) is 13.7. The van der Waals surface area contributed by atoms with E-state index >= 15 is 0 Å². The molecule has 0 rings (SSSR count). The molecule has 4 heteroatoms. The molecule has 0 aliphatic rings. The van der Waals surface area contributed by atoms with E-state index in [1.54, 1.807) is 0 Å². The smallest absolute Gasteiger partial charge is 0.0974 e. The van der Waals surface area contributed by atoms with Crippen molar-refractivity contribution in [1.29, 1.82) is 0 Å². The molecule has 0 bridgehead atoms. The summed E-state index contributed by atoms with van der Waals surface area (Å²) in [7, 11) is 0.149. The van der Waals surface area contributed by atoms with Gasteiger partial charge in [0.1, 0.15) is 0 Å². The summed E-state index contributed by atoms with van der Waals surface area (Å²) in [5.41, 5.74) is 0. The van der Waals surface area contributed by atoms with E-state index in [9.17, 15) is 0 Å². The van der Waals surface area contributed by atoms with Crippen LogP contribution in [0.3, 0.4) is 0 Å². The molecule has 2 nitrogen and oxygen atoms in total. The zero-order chi connectivity index (χ0) is 11.1. The SMILES string of the molecule is CCN(CC)[SiH2][SiH2]N(C(C)C)C(C)C. The van der Waals surface area contributed by atoms with Gasteiger partial charge in [-0.3, -0.25) is 0 Å². The van der Waals surface area contributed by atoms with E-state index in [-0.39, 0.29) is 18.4 Å². The molecule has 0 aromatic rings. The highest BCUT2D eigenvalue weighted by Crippen LogP contribution is 2.02. The van der Waals surface area contributed by atoms with Crippen molar-refractivity contribution in [3.63, 3.8) is 0 Å². The topological polar surface area (TPSA) is 6.48 Å². The Kier molecular flexibility index (Phi) is 7.81. The van der Waals surface area contributed by atoms with Crippen LogP contribution in [-0.4, -0.2) is 52.7 Å². The summed E-state index contributed by atoms with van der Waals surface area (Å²) in [4.78, 5) is 0. The van der Waals surface area contributed by atoms with Crippen LogP contribution in [0.1, 0.15) is 41.5 Å². The van der Waals surface area contributed by atoms with Crippen molar-refractivity contribution in [3.05, 3.63) is 0 Å². The van der Waals surface area contributed by atoms with Crippen LogP contribution in [0.15, 0.2) is 0 Å². The molecule has 0 amide bonds. The molecular formula is C10H28N2Si2. The van der Waals surface area contributed by atoms with Crippen molar-refractivity contribution >= 4 is 18.4 Å². The van der Waals surface area contributed by atoms with E-state index < -0.39 is 0 Å². The molecule has 86 valence electrons. The van der Waals surface area contributed by atoms with E-state index in [1.165, 1.54) is 13.1 Å². The Morgan fingerprint density at radius 1 is 0.857 bits per heavy atom. The third-order valence-electron chi connectivity index (χ3n) is 2.90. The maximum absolute atomic E-state index is 2.75. The first-order valence-electron chi connectivity index (χ1n) is 6.00. The molecular weight excluding hydrogens is 204 g/mol. The molecule has 0 saturated heterocycles. The minimum Gasteiger partial charge on any atom is -0.331 e. The minimum atomic E-state index is 0.0591. The summed E-state index contributed by atoms with van der Waals surface area (Å²) in [5, 5.41) is 0. The second kappa shape index (κ2) is 7.62. The molecule has 0 N–H and O–H groups in total. The summed E-state index contributed by atoms with van der Waals surface area (Å²) in [6, 6.07) is 1.51. The first-order chi connectivity index (χ1) is 6.52. The normalized spacial score (nSPS) is 14.1. The highest BCUT2D eigenvalue weighted by atomic mass is 29.2. The van der Waals surface area contributed by atoms with Gasteiger partial charge in [-0.1, -0.05) is 41.5 Å². The van der Waals surface area contributed by atoms with Crippen molar-refractivity contribution < 1.29 is 0 Å². The Balaban J connectivity index is 3.92. The molecule has 0 heterocycles. The number of hydrogen-bond donors (Lipinski definition) is 0. The first-order valence-corrected chi connectivity index (χ1v) is 11.3. The maximum Gasteiger partial charge on any atom is 0.0974 e. The minimum absolute atomic E-state index is 0.0591. The Bertz CT molecular complexity index is 128. The van der Waals surface area contributed by atoms with Crippen molar-refractivity contribution in [3.8, 4) is 0 Å². The lowest BCUT2D eigenvalue weighted by Gasteiger charge is -2.32. The van der Waals surface area contributed by atoms with E-state index in [4.69, 9.17) is 0 Å². The van der Waals surface area contributed by atoms with Gasteiger partial charge in [0.05, 0.1) is 18.4 Å². The van der Waals surface area contributed by atoms with Crippen LogP contribution in [0.2, 0.25) is 0 Å². The molecule has 0 aliphatic carbocycles. The largest absolute Gasteiger partial charge is 0.331 e. The first kappa shape index (κ1) is 14.4. The Morgan fingerprint density at radius 2 is 1.29 bits per heavy atom. The van der Waals surface area contributed by atoms with Crippen molar-refractivity contribution in [2.24, 2.45) is 0 Å². The summed E-state index contributed by atoms with van der Waals surface area (Å²) < 4.78 is 5.44. The third kappa shape index (κ3) is 5.29. The Labute approximate surface area is 94.6 Å². The Morgan fingerprint density at radius 3 is 1.57 bits per heavy atom. The lowest BCUT2D eigenvalue weighted by molar-refractivity contribution is 0.316. The van der Waals surface area contributed by atoms with Crippen molar-refractivity contribution in [2.45, 2.75) is 53.6 Å². The summed E-state index contributed by atoms with van der Waals surface area (Å²) in [6.07, 6.45) is 0. The van der Waals surface area contributed by atoms with Gasteiger partial charge in [-0.25, -0.2) is 0 Å².